The Morgan fingerprint density at radius 1 is 1.32 bits per heavy atom. The van der Waals surface area contributed by atoms with E-state index < -0.39 is 0 Å². The number of phenolic OH excluding ortho intramolecular Hbond substituents is 1. The number of nitrogens with zero attached hydrogens (tertiary/aromatic N) is 1. The average Bonchev–Trinajstić information content (AvgIpc) is 2.55. The summed E-state index contributed by atoms with van der Waals surface area (Å²) in [7, 11) is 1.49. The monoisotopic (exact) mass is 421 g/mol. The van der Waals surface area contributed by atoms with Crippen LogP contribution in [0.25, 0.3) is 0 Å². The third-order valence-corrected chi connectivity index (χ3v) is 3.72. The van der Waals surface area contributed by atoms with Crippen LogP contribution in [0.5, 0.6) is 11.5 Å². The Labute approximate surface area is 159 Å². The van der Waals surface area contributed by atoms with Crippen LogP contribution in [0.2, 0.25) is 0 Å². The first-order valence-corrected chi connectivity index (χ1v) is 8.38. The van der Waals surface area contributed by atoms with Crippen molar-refractivity contribution in [3.8, 4) is 11.5 Å². The summed E-state index contributed by atoms with van der Waals surface area (Å²) in [6, 6.07) is 10.5. The molecule has 3 N–H and O–H groups in total. The first-order chi connectivity index (χ1) is 11.9. The van der Waals surface area contributed by atoms with Crippen LogP contribution >= 0.6 is 28.1 Å². The van der Waals surface area contributed by atoms with Crippen LogP contribution in [0.3, 0.4) is 0 Å². The van der Waals surface area contributed by atoms with Gasteiger partial charge in [0.15, 0.2) is 16.6 Å². The molecule has 25 heavy (non-hydrogen) atoms. The van der Waals surface area contributed by atoms with Gasteiger partial charge in [-0.2, -0.15) is 0 Å². The first kappa shape index (κ1) is 18.9. The zero-order valence-corrected chi connectivity index (χ0v) is 15.9. The molecular formula is C17H16BrN3O3S. The summed E-state index contributed by atoms with van der Waals surface area (Å²) < 4.78 is 5.88. The van der Waals surface area contributed by atoms with Gasteiger partial charge in [0.05, 0.1) is 12.8 Å². The molecule has 0 unspecified atom stereocenters. The standard InChI is InChI=1S/C17H16BrN3O3S/c1-10(22)20-17(25)21-14-5-3-13(4-6-14)19-9-11-7-12(18)8-15(24-2)16(11)23/h3-9,23H,1-2H3,(H2,20,21,22,25). The number of hydrogen-bond acceptors (Lipinski definition) is 5. The fourth-order valence-electron chi connectivity index (χ4n) is 1.95. The Bertz CT molecular complexity index is 823. The van der Waals surface area contributed by atoms with Crippen LogP contribution in [0.15, 0.2) is 45.9 Å². The minimum Gasteiger partial charge on any atom is -0.504 e. The van der Waals surface area contributed by atoms with Crippen LogP contribution in [-0.2, 0) is 4.79 Å². The van der Waals surface area contributed by atoms with Crippen molar-refractivity contribution >= 4 is 56.8 Å². The van der Waals surface area contributed by atoms with E-state index in [1.54, 1.807) is 42.6 Å². The van der Waals surface area contributed by atoms with Gasteiger partial charge >= 0.3 is 0 Å². The number of ether oxygens (including phenoxy) is 1. The molecule has 0 radical (unpaired) electrons. The summed E-state index contributed by atoms with van der Waals surface area (Å²) in [5.41, 5.74) is 1.94. The van der Waals surface area contributed by atoms with Crippen LogP contribution in [-0.4, -0.2) is 29.5 Å². The number of phenols is 1. The van der Waals surface area contributed by atoms with Crippen LogP contribution in [0, 0.1) is 0 Å². The van der Waals surface area contributed by atoms with E-state index in [1.165, 1.54) is 14.0 Å². The van der Waals surface area contributed by atoms with Gasteiger partial charge in [0.1, 0.15) is 0 Å². The number of nitrogens with one attached hydrogen (secondary N) is 2. The van der Waals surface area contributed by atoms with Gasteiger partial charge in [0.2, 0.25) is 5.91 Å². The minimum absolute atomic E-state index is 0.0217. The predicted octanol–water partition coefficient (Wildman–Crippen LogP) is 3.75. The van der Waals surface area contributed by atoms with Crippen molar-refractivity contribution in [3.63, 3.8) is 0 Å². The lowest BCUT2D eigenvalue weighted by atomic mass is 10.2. The topological polar surface area (TPSA) is 83.0 Å². The highest BCUT2D eigenvalue weighted by molar-refractivity contribution is 9.10. The van der Waals surface area contributed by atoms with Crippen molar-refractivity contribution < 1.29 is 14.6 Å². The van der Waals surface area contributed by atoms with E-state index in [0.717, 1.165) is 10.2 Å². The molecule has 0 bridgehead atoms. The largest absolute Gasteiger partial charge is 0.504 e. The number of thiocarbonyl (C=S) groups is 1. The second-order valence-corrected chi connectivity index (χ2v) is 6.31. The number of rotatable bonds is 4. The number of aromatic hydroxyl groups is 1. The van der Waals surface area contributed by atoms with Gasteiger partial charge in [-0.25, -0.2) is 0 Å². The molecule has 0 fully saturated rings. The molecule has 0 aliphatic rings. The van der Waals surface area contributed by atoms with Crippen LogP contribution in [0.4, 0.5) is 11.4 Å². The van der Waals surface area contributed by atoms with Crippen molar-refractivity contribution in [1.82, 2.24) is 5.32 Å². The fraction of sp³-hybridized carbons (Fsp3) is 0.118. The molecule has 2 aromatic carbocycles. The average molecular weight is 422 g/mol. The lowest BCUT2D eigenvalue weighted by Crippen LogP contribution is -2.32. The number of amides is 1. The van der Waals surface area contributed by atoms with Crippen molar-refractivity contribution in [2.24, 2.45) is 4.99 Å². The molecule has 0 aliphatic heterocycles. The van der Waals surface area contributed by atoms with Gasteiger partial charge < -0.3 is 20.5 Å². The van der Waals surface area contributed by atoms with E-state index in [1.807, 2.05) is 0 Å². The Balaban J connectivity index is 2.11. The number of methoxy groups -OCH3 is 1. The van der Waals surface area contributed by atoms with Crippen LogP contribution in [0.1, 0.15) is 12.5 Å². The molecule has 0 aliphatic carbocycles. The molecular weight excluding hydrogens is 406 g/mol. The molecule has 0 atom stereocenters. The van der Waals surface area contributed by atoms with Gasteiger partial charge in [-0.05, 0) is 48.6 Å². The lowest BCUT2D eigenvalue weighted by molar-refractivity contribution is -0.117. The molecule has 2 aromatic rings. The SMILES string of the molecule is COc1cc(Br)cc(C=Nc2ccc(NC(=S)NC(C)=O)cc2)c1O. The summed E-state index contributed by atoms with van der Waals surface area (Å²) in [5, 5.41) is 15.7. The van der Waals surface area contributed by atoms with E-state index in [9.17, 15) is 9.90 Å². The molecule has 2 rings (SSSR count). The molecule has 0 spiro atoms. The summed E-state index contributed by atoms with van der Waals surface area (Å²) >= 11 is 8.35. The molecule has 0 saturated heterocycles. The van der Waals surface area contributed by atoms with Crippen molar-refractivity contribution in [2.45, 2.75) is 6.92 Å². The third kappa shape index (κ3) is 5.54. The Hall–Kier alpha value is -2.45. The van der Waals surface area contributed by atoms with E-state index in [-0.39, 0.29) is 16.8 Å². The van der Waals surface area contributed by atoms with E-state index in [2.05, 4.69) is 31.6 Å². The van der Waals surface area contributed by atoms with Gasteiger partial charge in [0.25, 0.3) is 0 Å². The highest BCUT2D eigenvalue weighted by Crippen LogP contribution is 2.32. The van der Waals surface area contributed by atoms with Crippen LogP contribution < -0.4 is 15.4 Å². The van der Waals surface area contributed by atoms with E-state index in [4.69, 9.17) is 17.0 Å². The molecule has 130 valence electrons. The number of hydrogen-bond donors (Lipinski definition) is 3. The summed E-state index contributed by atoms with van der Waals surface area (Å²) in [6.07, 6.45) is 1.55. The summed E-state index contributed by atoms with van der Waals surface area (Å²) in [4.78, 5) is 15.3. The zero-order valence-electron chi connectivity index (χ0n) is 13.5. The smallest absolute Gasteiger partial charge is 0.222 e. The highest BCUT2D eigenvalue weighted by atomic mass is 79.9. The number of benzene rings is 2. The number of carbonyl (C=O) groups is 1. The van der Waals surface area contributed by atoms with Gasteiger partial charge in [-0.3, -0.25) is 9.79 Å². The quantitative estimate of drug-likeness (QED) is 0.517. The Kier molecular flexibility index (Phi) is 6.49. The number of halogens is 1. The molecule has 0 aromatic heterocycles. The maximum Gasteiger partial charge on any atom is 0.222 e. The van der Waals surface area contributed by atoms with Gasteiger partial charge in [-0.15, -0.1) is 0 Å². The fourth-order valence-corrected chi connectivity index (χ4v) is 2.66. The van der Waals surface area contributed by atoms with Gasteiger partial charge in [0, 0.05) is 28.9 Å². The second kappa shape index (κ2) is 8.59. The normalized spacial score (nSPS) is 10.5. The van der Waals surface area contributed by atoms with E-state index >= 15 is 0 Å². The Morgan fingerprint density at radius 3 is 2.60 bits per heavy atom. The summed E-state index contributed by atoms with van der Waals surface area (Å²) in [5.74, 6) is 0.151. The highest BCUT2D eigenvalue weighted by Gasteiger charge is 2.08. The maximum absolute atomic E-state index is 10.9. The maximum atomic E-state index is 10.9. The number of aliphatic imine (C=N–C) groups is 1. The molecule has 6 nitrogen and oxygen atoms in total. The third-order valence-electron chi connectivity index (χ3n) is 3.06. The molecule has 0 saturated carbocycles. The summed E-state index contributed by atoms with van der Waals surface area (Å²) in [6.45, 7) is 1.39. The first-order valence-electron chi connectivity index (χ1n) is 7.18. The van der Waals surface area contributed by atoms with E-state index in [0.29, 0.717) is 17.0 Å². The Morgan fingerprint density at radius 2 is 2.00 bits per heavy atom. The molecule has 1 amide bonds. The van der Waals surface area contributed by atoms with Crippen molar-refractivity contribution in [1.29, 1.82) is 0 Å². The molecule has 8 heteroatoms. The molecule has 0 heterocycles. The second-order valence-electron chi connectivity index (χ2n) is 4.99. The predicted molar refractivity (Wildman–Crippen MR) is 106 cm³/mol. The number of anilines is 1. The van der Waals surface area contributed by atoms with Gasteiger partial charge in [-0.1, -0.05) is 15.9 Å². The lowest BCUT2D eigenvalue weighted by Gasteiger charge is -2.08. The van der Waals surface area contributed by atoms with Crippen molar-refractivity contribution in [3.05, 3.63) is 46.4 Å². The zero-order chi connectivity index (χ0) is 18.4. The minimum atomic E-state index is -0.233. The van der Waals surface area contributed by atoms with Crippen molar-refractivity contribution in [2.75, 3.05) is 12.4 Å². The number of carbonyl (C=O) groups excluding carboxylic acids is 1.